The largest absolute Gasteiger partial charge is 0.355 e. The Labute approximate surface area is 169 Å². The van der Waals surface area contributed by atoms with Gasteiger partial charge in [0, 0.05) is 36.6 Å². The number of rotatable bonds is 5. The topological polar surface area (TPSA) is 58.1 Å². The molecule has 1 aromatic heterocycles. The van der Waals surface area contributed by atoms with Crippen LogP contribution >= 0.6 is 0 Å². The van der Waals surface area contributed by atoms with Crippen molar-refractivity contribution < 1.29 is 9.18 Å². The van der Waals surface area contributed by atoms with Gasteiger partial charge < -0.3 is 10.2 Å². The molecule has 1 aliphatic heterocycles. The lowest BCUT2D eigenvalue weighted by molar-refractivity contribution is 0.0940. The Hall–Kier alpha value is -3.28. The first-order chi connectivity index (χ1) is 14.1. The SMILES string of the molecule is C[C@@H](NC(=O)c1cccc(-c2nccnc2N2CCCC2)c1)c1ccc(F)cc1. The zero-order chi connectivity index (χ0) is 20.2. The number of carbonyl (C=O) groups excluding carboxylic acids is 1. The molecule has 1 saturated heterocycles. The van der Waals surface area contributed by atoms with E-state index >= 15 is 0 Å². The fraction of sp³-hybridized carbons (Fsp3) is 0.261. The van der Waals surface area contributed by atoms with Gasteiger partial charge in [-0.1, -0.05) is 24.3 Å². The zero-order valence-electron chi connectivity index (χ0n) is 16.3. The number of hydrogen-bond acceptors (Lipinski definition) is 4. The van der Waals surface area contributed by atoms with E-state index < -0.39 is 0 Å². The van der Waals surface area contributed by atoms with Crippen molar-refractivity contribution in [2.45, 2.75) is 25.8 Å². The molecule has 0 radical (unpaired) electrons. The van der Waals surface area contributed by atoms with E-state index in [1.54, 1.807) is 30.6 Å². The van der Waals surface area contributed by atoms with Gasteiger partial charge in [-0.25, -0.2) is 9.37 Å². The van der Waals surface area contributed by atoms with E-state index in [4.69, 9.17) is 0 Å². The van der Waals surface area contributed by atoms with Crippen LogP contribution in [0.25, 0.3) is 11.3 Å². The third kappa shape index (κ3) is 4.26. The molecule has 29 heavy (non-hydrogen) atoms. The molecule has 1 N–H and O–H groups in total. The summed E-state index contributed by atoms with van der Waals surface area (Å²) in [5, 5.41) is 2.97. The molecule has 1 fully saturated rings. The van der Waals surface area contributed by atoms with Crippen LogP contribution in [-0.4, -0.2) is 29.0 Å². The molecule has 5 nitrogen and oxygen atoms in total. The van der Waals surface area contributed by atoms with E-state index in [1.807, 2.05) is 25.1 Å². The number of amides is 1. The van der Waals surface area contributed by atoms with E-state index in [1.165, 1.54) is 12.1 Å². The summed E-state index contributed by atoms with van der Waals surface area (Å²) in [5.41, 5.74) is 3.05. The number of carbonyl (C=O) groups is 1. The Balaban J connectivity index is 1.56. The monoisotopic (exact) mass is 390 g/mol. The van der Waals surface area contributed by atoms with E-state index in [-0.39, 0.29) is 17.8 Å². The minimum absolute atomic E-state index is 0.185. The number of benzene rings is 2. The van der Waals surface area contributed by atoms with Crippen molar-refractivity contribution in [1.82, 2.24) is 15.3 Å². The highest BCUT2D eigenvalue weighted by Crippen LogP contribution is 2.29. The summed E-state index contributed by atoms with van der Waals surface area (Å²) < 4.78 is 13.1. The van der Waals surface area contributed by atoms with Crippen LogP contribution in [0.3, 0.4) is 0 Å². The van der Waals surface area contributed by atoms with Crippen LogP contribution in [-0.2, 0) is 0 Å². The molecule has 0 aliphatic carbocycles. The van der Waals surface area contributed by atoms with Crippen molar-refractivity contribution in [2.24, 2.45) is 0 Å². The lowest BCUT2D eigenvalue weighted by Gasteiger charge is -2.19. The fourth-order valence-corrected chi connectivity index (χ4v) is 3.62. The molecule has 2 aromatic carbocycles. The van der Waals surface area contributed by atoms with Gasteiger partial charge in [0.15, 0.2) is 5.82 Å². The molecule has 148 valence electrons. The number of nitrogens with zero attached hydrogens (tertiary/aromatic N) is 3. The minimum atomic E-state index is -0.294. The van der Waals surface area contributed by atoms with Crippen LogP contribution in [0.5, 0.6) is 0 Å². The summed E-state index contributed by atoms with van der Waals surface area (Å²) in [6.45, 7) is 3.82. The molecule has 0 spiro atoms. The molecule has 0 unspecified atom stereocenters. The summed E-state index contributed by atoms with van der Waals surface area (Å²) in [7, 11) is 0. The number of aromatic nitrogens is 2. The molecule has 1 aliphatic rings. The maximum absolute atomic E-state index is 13.1. The number of nitrogens with one attached hydrogen (secondary N) is 1. The Kier molecular flexibility index (Phi) is 5.51. The van der Waals surface area contributed by atoms with Gasteiger partial charge >= 0.3 is 0 Å². The second kappa shape index (κ2) is 8.39. The van der Waals surface area contributed by atoms with Gasteiger partial charge in [0.2, 0.25) is 0 Å². The molecule has 6 heteroatoms. The highest BCUT2D eigenvalue weighted by Gasteiger charge is 2.19. The van der Waals surface area contributed by atoms with Crippen LogP contribution in [0.1, 0.15) is 41.7 Å². The van der Waals surface area contributed by atoms with Gasteiger partial charge in [-0.05, 0) is 49.6 Å². The molecule has 4 rings (SSSR count). The van der Waals surface area contributed by atoms with Crippen LogP contribution in [0.15, 0.2) is 60.9 Å². The van der Waals surface area contributed by atoms with Crippen LogP contribution < -0.4 is 10.2 Å². The molecule has 1 atom stereocenters. The zero-order valence-corrected chi connectivity index (χ0v) is 16.3. The maximum Gasteiger partial charge on any atom is 0.251 e. The van der Waals surface area contributed by atoms with Crippen LogP contribution in [0, 0.1) is 5.82 Å². The van der Waals surface area contributed by atoms with E-state index in [0.29, 0.717) is 5.56 Å². The van der Waals surface area contributed by atoms with Crippen molar-refractivity contribution in [1.29, 1.82) is 0 Å². The first kappa shape index (κ1) is 19.1. The summed E-state index contributed by atoms with van der Waals surface area (Å²) in [6.07, 6.45) is 5.69. The van der Waals surface area contributed by atoms with E-state index in [0.717, 1.165) is 48.6 Å². The minimum Gasteiger partial charge on any atom is -0.355 e. The molecule has 1 amide bonds. The third-order valence-corrected chi connectivity index (χ3v) is 5.20. The highest BCUT2D eigenvalue weighted by molar-refractivity contribution is 5.96. The molecular formula is C23H23FN4O. The average molecular weight is 390 g/mol. The number of halogens is 1. The summed E-state index contributed by atoms with van der Waals surface area (Å²) in [4.78, 5) is 24.1. The van der Waals surface area contributed by atoms with Crippen molar-refractivity contribution >= 4 is 11.7 Å². The first-order valence-electron chi connectivity index (χ1n) is 9.84. The molecular weight excluding hydrogens is 367 g/mol. The molecule has 3 aromatic rings. The second-order valence-corrected chi connectivity index (χ2v) is 7.25. The van der Waals surface area contributed by atoms with Gasteiger partial charge in [-0.3, -0.25) is 9.78 Å². The second-order valence-electron chi connectivity index (χ2n) is 7.25. The summed E-state index contributed by atoms with van der Waals surface area (Å²) in [6, 6.07) is 13.3. The predicted octanol–water partition coefficient (Wildman–Crippen LogP) is 4.37. The maximum atomic E-state index is 13.1. The van der Waals surface area contributed by atoms with Crippen LogP contribution in [0.4, 0.5) is 10.2 Å². The van der Waals surface area contributed by atoms with Crippen molar-refractivity contribution in [3.63, 3.8) is 0 Å². The number of hydrogen-bond donors (Lipinski definition) is 1. The molecule has 0 bridgehead atoms. The standard InChI is InChI=1S/C23H23FN4O/c1-16(17-7-9-20(24)10-8-17)27-23(29)19-6-4-5-18(15-19)21-22(26-12-11-25-21)28-13-2-3-14-28/h4-12,15-16H,2-3,13-14H2,1H3,(H,27,29)/t16-/m1/s1. The quantitative estimate of drug-likeness (QED) is 0.703. The van der Waals surface area contributed by atoms with Gasteiger partial charge in [-0.15, -0.1) is 0 Å². The van der Waals surface area contributed by atoms with Crippen LogP contribution in [0.2, 0.25) is 0 Å². The Bertz CT molecular complexity index is 1000. The fourth-order valence-electron chi connectivity index (χ4n) is 3.62. The normalized spacial score (nSPS) is 14.6. The van der Waals surface area contributed by atoms with Gasteiger partial charge in [-0.2, -0.15) is 0 Å². The molecule has 2 heterocycles. The van der Waals surface area contributed by atoms with Crippen molar-refractivity contribution in [3.8, 4) is 11.3 Å². The lowest BCUT2D eigenvalue weighted by Crippen LogP contribution is -2.26. The Morgan fingerprint density at radius 1 is 1.07 bits per heavy atom. The summed E-state index contributed by atoms with van der Waals surface area (Å²) >= 11 is 0. The predicted molar refractivity (Wildman–Crippen MR) is 111 cm³/mol. The average Bonchev–Trinajstić information content (AvgIpc) is 3.29. The van der Waals surface area contributed by atoms with Crippen molar-refractivity contribution in [2.75, 3.05) is 18.0 Å². The summed E-state index contributed by atoms with van der Waals surface area (Å²) in [5.74, 6) is 0.385. The van der Waals surface area contributed by atoms with E-state index in [9.17, 15) is 9.18 Å². The van der Waals surface area contributed by atoms with E-state index in [2.05, 4.69) is 20.2 Å². The first-order valence-corrected chi connectivity index (χ1v) is 9.84. The van der Waals surface area contributed by atoms with Crippen molar-refractivity contribution in [3.05, 3.63) is 77.9 Å². The Morgan fingerprint density at radius 3 is 2.55 bits per heavy atom. The lowest BCUT2D eigenvalue weighted by atomic mass is 10.1. The molecule has 0 saturated carbocycles. The number of anilines is 1. The van der Waals surface area contributed by atoms with Gasteiger partial charge in [0.25, 0.3) is 5.91 Å². The van der Waals surface area contributed by atoms with Gasteiger partial charge in [0.1, 0.15) is 11.5 Å². The smallest absolute Gasteiger partial charge is 0.251 e. The van der Waals surface area contributed by atoms with Gasteiger partial charge in [0.05, 0.1) is 6.04 Å². The highest BCUT2D eigenvalue weighted by atomic mass is 19.1. The third-order valence-electron chi connectivity index (χ3n) is 5.20. The Morgan fingerprint density at radius 2 is 1.79 bits per heavy atom.